The molecule has 2 heterocycles. The minimum atomic E-state index is -1.01. The van der Waals surface area contributed by atoms with E-state index in [2.05, 4.69) is 15.4 Å². The van der Waals surface area contributed by atoms with Gasteiger partial charge in [0.25, 0.3) is 11.8 Å². The van der Waals surface area contributed by atoms with Crippen LogP contribution in [0.3, 0.4) is 0 Å². The number of carbonyl (C=O) groups is 3. The Morgan fingerprint density at radius 3 is 2.10 bits per heavy atom. The number of rotatable bonds is 5. The number of hydrogen-bond acceptors (Lipinski definition) is 5. The Morgan fingerprint density at radius 2 is 1.58 bits per heavy atom. The monoisotopic (exact) mass is 457 g/mol. The lowest BCUT2D eigenvalue weighted by Gasteiger charge is -2.24. The Balaban J connectivity index is 1.47. The highest BCUT2D eigenvalue weighted by Gasteiger charge is 2.41. The number of fused-ring (bicyclic) bond motifs is 1. The van der Waals surface area contributed by atoms with E-state index in [9.17, 15) is 14.4 Å². The molecule has 0 spiro atoms. The topological polar surface area (TPSA) is 97.2 Å². The molecule has 0 fully saturated rings. The van der Waals surface area contributed by atoms with Gasteiger partial charge in [-0.2, -0.15) is 5.10 Å². The van der Waals surface area contributed by atoms with Crippen molar-refractivity contribution in [2.45, 2.75) is 25.9 Å². The lowest BCUT2D eigenvalue weighted by atomic mass is 10.1. The first kappa shape index (κ1) is 21.0. The molecule has 3 aromatic rings. The molecule has 1 aromatic heterocycles. The van der Waals surface area contributed by atoms with E-state index in [4.69, 9.17) is 23.2 Å². The quantitative estimate of drug-likeness (QED) is 0.591. The number of nitrogens with zero attached hydrogens (tertiary/aromatic N) is 4. The Bertz CT molecular complexity index is 1140. The van der Waals surface area contributed by atoms with Crippen LogP contribution in [0.2, 0.25) is 10.0 Å². The van der Waals surface area contributed by atoms with E-state index >= 15 is 0 Å². The second-order valence-electron chi connectivity index (χ2n) is 7.13. The number of amides is 3. The van der Waals surface area contributed by atoms with E-state index in [0.717, 1.165) is 16.2 Å². The molecule has 2 unspecified atom stereocenters. The van der Waals surface area contributed by atoms with Gasteiger partial charge in [0.15, 0.2) is 0 Å². The van der Waals surface area contributed by atoms with Crippen molar-refractivity contribution in [1.29, 1.82) is 0 Å². The van der Waals surface area contributed by atoms with Crippen molar-refractivity contribution in [3.63, 3.8) is 0 Å². The van der Waals surface area contributed by atoms with E-state index in [1.165, 1.54) is 25.4 Å². The molecule has 31 heavy (non-hydrogen) atoms. The van der Waals surface area contributed by atoms with Crippen LogP contribution in [0.1, 0.15) is 46.2 Å². The number of hydrogen-bond donors (Lipinski definition) is 1. The van der Waals surface area contributed by atoms with Gasteiger partial charge in [0.2, 0.25) is 5.91 Å². The molecule has 10 heteroatoms. The summed E-state index contributed by atoms with van der Waals surface area (Å²) in [5.41, 5.74) is 1.95. The van der Waals surface area contributed by atoms with Crippen LogP contribution in [0, 0.1) is 0 Å². The lowest BCUT2D eigenvalue weighted by molar-refractivity contribution is -0.125. The fourth-order valence-corrected chi connectivity index (χ4v) is 3.72. The third kappa shape index (κ3) is 3.80. The molecule has 1 aliphatic rings. The van der Waals surface area contributed by atoms with Crippen molar-refractivity contribution < 1.29 is 14.4 Å². The van der Waals surface area contributed by atoms with Crippen molar-refractivity contribution >= 4 is 40.9 Å². The number of imide groups is 1. The number of benzene rings is 2. The zero-order chi connectivity index (χ0) is 22.3. The van der Waals surface area contributed by atoms with E-state index in [1.807, 2.05) is 31.2 Å². The Hall–Kier alpha value is -3.23. The van der Waals surface area contributed by atoms with Crippen LogP contribution in [0.25, 0.3) is 5.69 Å². The number of halogens is 2. The van der Waals surface area contributed by atoms with Crippen LogP contribution in [-0.4, -0.2) is 43.4 Å². The molecule has 8 nitrogen and oxygen atoms in total. The van der Waals surface area contributed by atoms with Crippen LogP contribution >= 0.6 is 23.2 Å². The van der Waals surface area contributed by atoms with Crippen molar-refractivity contribution in [3.05, 3.63) is 75.8 Å². The predicted molar refractivity (Wildman–Crippen MR) is 114 cm³/mol. The fourth-order valence-electron chi connectivity index (χ4n) is 3.40. The Labute approximate surface area is 187 Å². The number of aromatic nitrogens is 3. The summed E-state index contributed by atoms with van der Waals surface area (Å²) < 4.78 is 1.62. The summed E-state index contributed by atoms with van der Waals surface area (Å²) in [5.74, 6) is -1.61. The van der Waals surface area contributed by atoms with Crippen LogP contribution in [0.15, 0.2) is 49.1 Å². The molecule has 0 radical (unpaired) electrons. The zero-order valence-electron chi connectivity index (χ0n) is 16.5. The molecule has 3 amide bonds. The molecule has 0 saturated heterocycles. The van der Waals surface area contributed by atoms with Gasteiger partial charge in [0.1, 0.15) is 18.7 Å². The summed E-state index contributed by atoms with van der Waals surface area (Å²) in [7, 11) is 0. The van der Waals surface area contributed by atoms with Crippen LogP contribution in [-0.2, 0) is 4.79 Å². The van der Waals surface area contributed by atoms with Gasteiger partial charge in [-0.1, -0.05) is 35.3 Å². The first-order valence-corrected chi connectivity index (χ1v) is 10.2. The molecule has 2 atom stereocenters. The summed E-state index contributed by atoms with van der Waals surface area (Å²) in [5, 5.41) is 7.25. The van der Waals surface area contributed by atoms with Gasteiger partial charge in [-0.15, -0.1) is 0 Å². The maximum atomic E-state index is 12.8. The van der Waals surface area contributed by atoms with Gasteiger partial charge >= 0.3 is 0 Å². The third-order valence-electron chi connectivity index (χ3n) is 5.16. The second-order valence-corrected chi connectivity index (χ2v) is 7.94. The highest BCUT2D eigenvalue weighted by molar-refractivity contribution is 6.43. The largest absolute Gasteiger partial charge is 0.348 e. The molecule has 0 bridgehead atoms. The average molecular weight is 458 g/mol. The van der Waals surface area contributed by atoms with E-state index in [0.29, 0.717) is 0 Å². The van der Waals surface area contributed by atoms with E-state index in [-0.39, 0.29) is 27.2 Å². The van der Waals surface area contributed by atoms with Crippen molar-refractivity contribution in [2.75, 3.05) is 0 Å². The molecular formula is C21H17Cl2N5O3. The summed E-state index contributed by atoms with van der Waals surface area (Å²) >= 11 is 11.9. The summed E-state index contributed by atoms with van der Waals surface area (Å²) in [4.78, 5) is 43.1. The van der Waals surface area contributed by atoms with E-state index in [1.54, 1.807) is 11.0 Å². The van der Waals surface area contributed by atoms with Crippen molar-refractivity contribution in [1.82, 2.24) is 25.0 Å². The highest BCUT2D eigenvalue weighted by Crippen LogP contribution is 2.32. The van der Waals surface area contributed by atoms with Crippen molar-refractivity contribution in [3.8, 4) is 5.69 Å². The minimum absolute atomic E-state index is 0.135. The van der Waals surface area contributed by atoms with Gasteiger partial charge in [0.05, 0.1) is 32.9 Å². The molecule has 0 saturated carbocycles. The molecule has 2 aromatic carbocycles. The molecule has 1 aliphatic heterocycles. The van der Waals surface area contributed by atoms with Crippen molar-refractivity contribution in [2.24, 2.45) is 0 Å². The third-order valence-corrected chi connectivity index (χ3v) is 5.88. The summed E-state index contributed by atoms with van der Waals surface area (Å²) in [6.45, 7) is 3.32. The first-order valence-electron chi connectivity index (χ1n) is 9.40. The average Bonchev–Trinajstić information content (AvgIpc) is 3.36. The van der Waals surface area contributed by atoms with Gasteiger partial charge in [-0.05, 0) is 43.7 Å². The molecular weight excluding hydrogens is 441 g/mol. The highest BCUT2D eigenvalue weighted by atomic mass is 35.5. The molecule has 1 N–H and O–H groups in total. The minimum Gasteiger partial charge on any atom is -0.348 e. The van der Waals surface area contributed by atoms with Gasteiger partial charge in [0, 0.05) is 0 Å². The summed E-state index contributed by atoms with van der Waals surface area (Å²) in [6.07, 6.45) is 3.03. The van der Waals surface area contributed by atoms with Crippen LogP contribution in [0.4, 0.5) is 0 Å². The molecule has 4 rings (SSSR count). The van der Waals surface area contributed by atoms with Gasteiger partial charge < -0.3 is 5.32 Å². The standard InChI is InChI=1S/C21H17Cl2N5O3/c1-11(13-3-5-14(6-4-13)27-10-24-9-25-27)26-19(29)12(2)28-20(30)15-7-17(22)18(23)8-16(15)21(28)31/h3-12H,1-2H3,(H,26,29). The Morgan fingerprint density at radius 1 is 1.00 bits per heavy atom. The molecule has 158 valence electrons. The van der Waals surface area contributed by atoms with Crippen LogP contribution < -0.4 is 5.32 Å². The fraction of sp³-hybridized carbons (Fsp3) is 0.190. The second kappa shape index (κ2) is 8.13. The lowest BCUT2D eigenvalue weighted by Crippen LogP contribution is -2.48. The number of nitrogens with one attached hydrogen (secondary N) is 1. The Kier molecular flexibility index (Phi) is 5.51. The van der Waals surface area contributed by atoms with Gasteiger partial charge in [-0.3, -0.25) is 19.3 Å². The maximum absolute atomic E-state index is 12.8. The smallest absolute Gasteiger partial charge is 0.262 e. The van der Waals surface area contributed by atoms with Crippen LogP contribution in [0.5, 0.6) is 0 Å². The van der Waals surface area contributed by atoms with E-state index < -0.39 is 23.8 Å². The maximum Gasteiger partial charge on any atom is 0.262 e. The number of carbonyl (C=O) groups excluding carboxylic acids is 3. The predicted octanol–water partition coefficient (Wildman–Crippen LogP) is 3.44. The normalized spacial score (nSPS) is 15.0. The van der Waals surface area contributed by atoms with Gasteiger partial charge in [-0.25, -0.2) is 9.67 Å². The molecule has 0 aliphatic carbocycles. The summed E-state index contributed by atoms with van der Waals surface area (Å²) in [6, 6.07) is 8.77. The SMILES string of the molecule is CC(NC(=O)C(C)N1C(=O)c2cc(Cl)c(Cl)cc2C1=O)c1ccc(-n2cncn2)cc1. The first-order chi connectivity index (χ1) is 14.8. The zero-order valence-corrected chi connectivity index (χ0v) is 18.1.